The molecule has 7 nitrogen and oxygen atoms in total. The first kappa shape index (κ1) is 18.2. The number of amides is 1. The summed E-state index contributed by atoms with van der Waals surface area (Å²) in [6.45, 7) is 2.16. The summed E-state index contributed by atoms with van der Waals surface area (Å²) in [6, 6.07) is 15.3. The van der Waals surface area contributed by atoms with Crippen LogP contribution in [0.3, 0.4) is 0 Å². The van der Waals surface area contributed by atoms with Gasteiger partial charge >= 0.3 is 0 Å². The summed E-state index contributed by atoms with van der Waals surface area (Å²) < 4.78 is 12.1. The van der Waals surface area contributed by atoms with Gasteiger partial charge in [-0.15, -0.1) is 0 Å². The largest absolute Gasteiger partial charge is 0.454 e. The van der Waals surface area contributed by atoms with Gasteiger partial charge < -0.3 is 20.6 Å². The minimum atomic E-state index is -0.153. The maximum atomic E-state index is 12.4. The fraction of sp³-hybridized carbons (Fsp3) is 0.200. The molecular formula is C20H20N4O3S. The van der Waals surface area contributed by atoms with Crippen LogP contribution in [-0.2, 0) is 4.79 Å². The number of fused-ring (bicyclic) bond motifs is 1. The normalized spacial score (nSPS) is 13.3. The van der Waals surface area contributed by atoms with Crippen LogP contribution in [0.4, 0.5) is 0 Å². The van der Waals surface area contributed by atoms with Crippen molar-refractivity contribution in [3.63, 3.8) is 0 Å². The van der Waals surface area contributed by atoms with E-state index in [2.05, 4.69) is 10.3 Å². The molecule has 1 aromatic heterocycles. The van der Waals surface area contributed by atoms with Crippen molar-refractivity contribution in [1.82, 2.24) is 15.0 Å². The van der Waals surface area contributed by atoms with Gasteiger partial charge in [0, 0.05) is 5.56 Å². The molecule has 8 heteroatoms. The maximum absolute atomic E-state index is 12.4. The lowest BCUT2D eigenvalue weighted by atomic mass is 10.1. The number of thioether (sulfide) groups is 1. The Kier molecular flexibility index (Phi) is 5.12. The van der Waals surface area contributed by atoms with E-state index in [4.69, 9.17) is 15.3 Å². The monoisotopic (exact) mass is 396 g/mol. The van der Waals surface area contributed by atoms with Crippen molar-refractivity contribution < 1.29 is 14.3 Å². The van der Waals surface area contributed by atoms with Crippen LogP contribution in [-0.4, -0.2) is 28.1 Å². The number of ether oxygens (including phenoxy) is 2. The number of imidazole rings is 1. The summed E-state index contributed by atoms with van der Waals surface area (Å²) in [6.07, 6.45) is 1.75. The third kappa shape index (κ3) is 3.91. The van der Waals surface area contributed by atoms with Gasteiger partial charge in [-0.1, -0.05) is 48.2 Å². The Hall–Kier alpha value is -3.13. The minimum absolute atomic E-state index is 0.0978. The van der Waals surface area contributed by atoms with Crippen molar-refractivity contribution in [2.24, 2.45) is 0 Å². The van der Waals surface area contributed by atoms with Crippen molar-refractivity contribution in [2.45, 2.75) is 18.1 Å². The molecule has 1 atom stereocenters. The number of hydrogen-bond donors (Lipinski definition) is 2. The van der Waals surface area contributed by atoms with E-state index in [1.807, 2.05) is 55.5 Å². The number of carbonyl (C=O) groups is 1. The summed E-state index contributed by atoms with van der Waals surface area (Å²) in [7, 11) is 0. The Bertz CT molecular complexity index is 990. The standard InChI is InChI=1S/C20H20N4O3S/c1-13(15-7-8-17-18(9-15)27-12-26-17)22-19(25)11-28-20-23-16(10-24(20)21)14-5-3-2-4-6-14/h2-10,13H,11-12,21H2,1H3,(H,22,25)/t13-/m1/s1. The number of rotatable bonds is 6. The van der Waals surface area contributed by atoms with Gasteiger partial charge in [0.25, 0.3) is 0 Å². The summed E-state index contributed by atoms with van der Waals surface area (Å²) in [4.78, 5) is 16.9. The first-order chi connectivity index (χ1) is 13.6. The Labute approximate surface area is 166 Å². The molecule has 0 aliphatic carbocycles. The Morgan fingerprint density at radius 1 is 1.25 bits per heavy atom. The van der Waals surface area contributed by atoms with E-state index in [0.717, 1.165) is 22.6 Å². The molecule has 1 amide bonds. The van der Waals surface area contributed by atoms with Crippen molar-refractivity contribution in [3.05, 3.63) is 60.3 Å². The summed E-state index contributed by atoms with van der Waals surface area (Å²) in [5.41, 5.74) is 2.71. The smallest absolute Gasteiger partial charge is 0.231 e. The van der Waals surface area contributed by atoms with Crippen LogP contribution < -0.4 is 20.6 Å². The number of nitrogen functional groups attached to an aromatic ring is 1. The number of aromatic nitrogens is 2. The molecule has 144 valence electrons. The number of nitrogens with one attached hydrogen (secondary N) is 1. The number of benzene rings is 2. The molecule has 0 unspecified atom stereocenters. The molecule has 3 N–H and O–H groups in total. The molecule has 3 aromatic rings. The van der Waals surface area contributed by atoms with Crippen molar-refractivity contribution >= 4 is 17.7 Å². The van der Waals surface area contributed by atoms with Crippen LogP contribution in [0, 0.1) is 0 Å². The molecule has 0 radical (unpaired) electrons. The van der Waals surface area contributed by atoms with Gasteiger partial charge in [0.1, 0.15) is 0 Å². The van der Waals surface area contributed by atoms with Gasteiger partial charge in [-0.05, 0) is 24.6 Å². The average molecular weight is 396 g/mol. The van der Waals surface area contributed by atoms with E-state index in [0.29, 0.717) is 10.9 Å². The third-order valence-corrected chi connectivity index (χ3v) is 5.34. The van der Waals surface area contributed by atoms with Crippen molar-refractivity contribution in [1.29, 1.82) is 0 Å². The van der Waals surface area contributed by atoms with Crippen LogP contribution in [0.2, 0.25) is 0 Å². The first-order valence-electron chi connectivity index (χ1n) is 8.82. The Morgan fingerprint density at radius 2 is 2.04 bits per heavy atom. The summed E-state index contributed by atoms with van der Waals surface area (Å²) in [5, 5.41) is 3.57. The number of nitrogens with zero attached hydrogens (tertiary/aromatic N) is 2. The number of hydrogen-bond acceptors (Lipinski definition) is 6. The highest BCUT2D eigenvalue weighted by Gasteiger charge is 2.17. The van der Waals surface area contributed by atoms with E-state index in [1.54, 1.807) is 6.20 Å². The third-order valence-electron chi connectivity index (χ3n) is 4.37. The van der Waals surface area contributed by atoms with Crippen LogP contribution in [0.1, 0.15) is 18.5 Å². The second-order valence-corrected chi connectivity index (χ2v) is 7.32. The Balaban J connectivity index is 1.35. The molecule has 0 spiro atoms. The van der Waals surface area contributed by atoms with E-state index >= 15 is 0 Å². The van der Waals surface area contributed by atoms with Gasteiger partial charge in [-0.25, -0.2) is 9.66 Å². The summed E-state index contributed by atoms with van der Waals surface area (Å²) >= 11 is 1.30. The van der Waals surface area contributed by atoms with Crippen molar-refractivity contribution in [3.8, 4) is 22.8 Å². The Morgan fingerprint density at radius 3 is 2.86 bits per heavy atom. The molecule has 2 aromatic carbocycles. The van der Waals surface area contributed by atoms with E-state index in [-0.39, 0.29) is 24.5 Å². The highest BCUT2D eigenvalue weighted by Crippen LogP contribution is 2.34. The maximum Gasteiger partial charge on any atom is 0.231 e. The molecule has 1 aliphatic heterocycles. The lowest BCUT2D eigenvalue weighted by Crippen LogP contribution is -2.28. The van der Waals surface area contributed by atoms with Crippen LogP contribution in [0.5, 0.6) is 11.5 Å². The second kappa shape index (κ2) is 7.85. The zero-order valence-corrected chi connectivity index (χ0v) is 16.1. The quantitative estimate of drug-likeness (QED) is 0.492. The highest BCUT2D eigenvalue weighted by molar-refractivity contribution is 7.99. The van der Waals surface area contributed by atoms with E-state index in [1.165, 1.54) is 16.4 Å². The zero-order valence-electron chi connectivity index (χ0n) is 15.3. The molecule has 0 fully saturated rings. The zero-order chi connectivity index (χ0) is 19.5. The van der Waals surface area contributed by atoms with E-state index in [9.17, 15) is 4.79 Å². The SMILES string of the molecule is C[C@@H](NC(=O)CSc1nc(-c2ccccc2)cn1N)c1ccc2c(c1)OCO2. The van der Waals surface area contributed by atoms with Gasteiger partial charge in [-0.2, -0.15) is 0 Å². The molecule has 0 bridgehead atoms. The summed E-state index contributed by atoms with van der Waals surface area (Å²) in [5.74, 6) is 7.53. The van der Waals surface area contributed by atoms with Gasteiger partial charge in [-0.3, -0.25) is 4.79 Å². The van der Waals surface area contributed by atoms with Crippen LogP contribution >= 0.6 is 11.8 Å². The molecule has 4 rings (SSSR count). The topological polar surface area (TPSA) is 91.4 Å². The van der Waals surface area contributed by atoms with Crippen molar-refractivity contribution in [2.75, 3.05) is 18.4 Å². The van der Waals surface area contributed by atoms with Gasteiger partial charge in [0.05, 0.1) is 23.7 Å². The van der Waals surface area contributed by atoms with Crippen LogP contribution in [0.25, 0.3) is 11.3 Å². The molecule has 2 heterocycles. The fourth-order valence-corrected chi connectivity index (χ4v) is 3.62. The molecular weight excluding hydrogens is 376 g/mol. The fourth-order valence-electron chi connectivity index (χ4n) is 2.91. The number of nitrogens with two attached hydrogens (primary N) is 1. The van der Waals surface area contributed by atoms with Gasteiger partial charge in [0.15, 0.2) is 16.7 Å². The predicted molar refractivity (Wildman–Crippen MR) is 108 cm³/mol. The molecule has 0 saturated heterocycles. The van der Waals surface area contributed by atoms with Crippen LogP contribution in [0.15, 0.2) is 59.9 Å². The first-order valence-corrected chi connectivity index (χ1v) is 9.80. The van der Waals surface area contributed by atoms with E-state index < -0.39 is 0 Å². The lowest BCUT2D eigenvalue weighted by molar-refractivity contribution is -0.119. The average Bonchev–Trinajstić information content (AvgIpc) is 3.32. The highest BCUT2D eigenvalue weighted by atomic mass is 32.2. The van der Waals surface area contributed by atoms with Gasteiger partial charge in [0.2, 0.25) is 12.7 Å². The second-order valence-electron chi connectivity index (χ2n) is 6.37. The predicted octanol–water partition coefficient (Wildman–Crippen LogP) is 2.96. The number of carbonyl (C=O) groups excluding carboxylic acids is 1. The molecule has 0 saturated carbocycles. The minimum Gasteiger partial charge on any atom is -0.454 e. The molecule has 1 aliphatic rings. The molecule has 28 heavy (non-hydrogen) atoms. The lowest BCUT2D eigenvalue weighted by Gasteiger charge is -2.14.